The Bertz CT molecular complexity index is 801. The second kappa shape index (κ2) is 7.53. The highest BCUT2D eigenvalue weighted by molar-refractivity contribution is 7.80. The van der Waals surface area contributed by atoms with Gasteiger partial charge in [0, 0.05) is 11.3 Å². The zero-order valence-electron chi connectivity index (χ0n) is 14.5. The number of hydrogen-bond acceptors (Lipinski definition) is 4. The van der Waals surface area contributed by atoms with Crippen molar-refractivity contribution in [3.05, 3.63) is 53.6 Å². The summed E-state index contributed by atoms with van der Waals surface area (Å²) in [4.78, 5) is 0. The maximum absolute atomic E-state index is 5.38. The molecule has 0 aliphatic carbocycles. The van der Waals surface area contributed by atoms with Crippen LogP contribution in [0.2, 0.25) is 0 Å². The van der Waals surface area contributed by atoms with E-state index in [2.05, 4.69) is 41.8 Å². The van der Waals surface area contributed by atoms with Crippen molar-refractivity contribution >= 4 is 28.7 Å². The van der Waals surface area contributed by atoms with Crippen molar-refractivity contribution in [1.82, 2.24) is 5.43 Å². The molecule has 0 saturated heterocycles. The van der Waals surface area contributed by atoms with E-state index in [1.807, 2.05) is 37.3 Å². The third-order valence-corrected chi connectivity index (χ3v) is 4.14. The minimum absolute atomic E-state index is 0.261. The van der Waals surface area contributed by atoms with Gasteiger partial charge in [0.05, 0.1) is 5.71 Å². The number of benzene rings is 2. The van der Waals surface area contributed by atoms with Crippen molar-refractivity contribution in [3.8, 4) is 11.5 Å². The highest BCUT2D eigenvalue weighted by Gasteiger charge is 2.14. The summed E-state index contributed by atoms with van der Waals surface area (Å²) in [5.74, 6) is 2.00. The molecule has 0 aromatic heterocycles. The molecule has 0 amide bonds. The van der Waals surface area contributed by atoms with E-state index >= 15 is 0 Å². The third kappa shape index (κ3) is 4.28. The fraction of sp³-hybridized carbons (Fsp3) is 0.263. The van der Waals surface area contributed by atoms with E-state index in [1.54, 1.807) is 0 Å². The van der Waals surface area contributed by atoms with E-state index < -0.39 is 0 Å². The van der Waals surface area contributed by atoms with Gasteiger partial charge in [-0.2, -0.15) is 5.10 Å². The van der Waals surface area contributed by atoms with Gasteiger partial charge in [-0.05, 0) is 61.0 Å². The summed E-state index contributed by atoms with van der Waals surface area (Å²) in [6.07, 6.45) is 0. The topological polar surface area (TPSA) is 54.9 Å². The van der Waals surface area contributed by atoms with Crippen molar-refractivity contribution in [3.63, 3.8) is 0 Å². The molecule has 2 aromatic carbocycles. The predicted octanol–water partition coefficient (Wildman–Crippen LogP) is 4.25. The first-order valence-electron chi connectivity index (χ1n) is 8.14. The summed E-state index contributed by atoms with van der Waals surface area (Å²) in [5.41, 5.74) is 6.84. The van der Waals surface area contributed by atoms with Crippen LogP contribution in [0.5, 0.6) is 11.5 Å². The second-order valence-corrected chi connectivity index (χ2v) is 6.52. The van der Waals surface area contributed by atoms with Gasteiger partial charge in [-0.15, -0.1) is 0 Å². The van der Waals surface area contributed by atoms with Crippen molar-refractivity contribution in [2.45, 2.75) is 26.7 Å². The van der Waals surface area contributed by atoms with Crippen LogP contribution in [0.1, 0.15) is 37.8 Å². The van der Waals surface area contributed by atoms with Gasteiger partial charge in [0.2, 0.25) is 6.79 Å². The Kier molecular flexibility index (Phi) is 5.19. The molecule has 1 aliphatic heterocycles. The number of hydrogen-bond donors (Lipinski definition) is 2. The number of nitrogens with one attached hydrogen (secondary N) is 2. The number of thiocarbonyl (C=S) groups is 1. The fourth-order valence-corrected chi connectivity index (χ4v) is 2.59. The zero-order chi connectivity index (χ0) is 17.8. The Morgan fingerprint density at radius 2 is 1.80 bits per heavy atom. The number of fused-ring (bicyclic) bond motifs is 1. The van der Waals surface area contributed by atoms with E-state index in [-0.39, 0.29) is 6.79 Å². The monoisotopic (exact) mass is 355 g/mol. The summed E-state index contributed by atoms with van der Waals surface area (Å²) >= 11 is 5.29. The average Bonchev–Trinajstić information content (AvgIpc) is 3.07. The molecule has 2 aromatic rings. The first kappa shape index (κ1) is 17.2. The maximum atomic E-state index is 5.38. The van der Waals surface area contributed by atoms with E-state index in [9.17, 15) is 0 Å². The molecular weight excluding hydrogens is 334 g/mol. The lowest BCUT2D eigenvalue weighted by Crippen LogP contribution is -2.24. The predicted molar refractivity (Wildman–Crippen MR) is 105 cm³/mol. The molecule has 130 valence electrons. The lowest BCUT2D eigenvalue weighted by atomic mass is 10.0. The quantitative estimate of drug-likeness (QED) is 0.488. The van der Waals surface area contributed by atoms with Gasteiger partial charge in [-0.1, -0.05) is 26.0 Å². The molecule has 6 heteroatoms. The molecule has 2 N–H and O–H groups in total. The molecule has 1 aliphatic rings. The van der Waals surface area contributed by atoms with Crippen molar-refractivity contribution in [2.75, 3.05) is 12.1 Å². The molecule has 0 fully saturated rings. The van der Waals surface area contributed by atoms with Gasteiger partial charge in [0.25, 0.3) is 0 Å². The third-order valence-electron chi connectivity index (χ3n) is 3.95. The summed E-state index contributed by atoms with van der Waals surface area (Å²) in [7, 11) is 0. The Labute approximate surface area is 153 Å². The number of nitrogens with zero attached hydrogens (tertiary/aromatic N) is 1. The molecule has 0 spiro atoms. The average molecular weight is 355 g/mol. The van der Waals surface area contributed by atoms with Gasteiger partial charge < -0.3 is 14.8 Å². The second-order valence-electron chi connectivity index (χ2n) is 6.11. The highest BCUT2D eigenvalue weighted by Crippen LogP contribution is 2.32. The lowest BCUT2D eigenvalue weighted by molar-refractivity contribution is 0.174. The minimum Gasteiger partial charge on any atom is -0.454 e. The van der Waals surface area contributed by atoms with Gasteiger partial charge in [-0.25, -0.2) is 0 Å². The smallest absolute Gasteiger partial charge is 0.231 e. The van der Waals surface area contributed by atoms with Crippen LogP contribution >= 0.6 is 12.2 Å². The molecule has 0 saturated carbocycles. The Balaban J connectivity index is 1.59. The highest BCUT2D eigenvalue weighted by atomic mass is 32.1. The normalized spacial score (nSPS) is 13.0. The molecule has 0 atom stereocenters. The van der Waals surface area contributed by atoms with E-state index in [0.29, 0.717) is 11.0 Å². The first-order chi connectivity index (χ1) is 12.0. The van der Waals surface area contributed by atoms with Gasteiger partial charge in [0.15, 0.2) is 16.6 Å². The zero-order valence-corrected chi connectivity index (χ0v) is 15.3. The van der Waals surface area contributed by atoms with Crippen LogP contribution in [0.4, 0.5) is 5.69 Å². The molecule has 3 rings (SSSR count). The van der Waals surface area contributed by atoms with E-state index in [4.69, 9.17) is 21.7 Å². The van der Waals surface area contributed by atoms with Crippen LogP contribution in [0, 0.1) is 0 Å². The van der Waals surface area contributed by atoms with E-state index in [0.717, 1.165) is 28.5 Å². The number of rotatable bonds is 4. The van der Waals surface area contributed by atoms with Crippen LogP contribution in [-0.4, -0.2) is 17.6 Å². The molecule has 5 nitrogen and oxygen atoms in total. The summed E-state index contributed by atoms with van der Waals surface area (Å²) in [6.45, 7) is 6.51. The number of ether oxygens (including phenoxy) is 2. The molecule has 0 radical (unpaired) electrons. The maximum Gasteiger partial charge on any atom is 0.231 e. The molecular formula is C19H21N3O2S. The molecule has 0 bridgehead atoms. The van der Waals surface area contributed by atoms with Crippen LogP contribution < -0.4 is 20.2 Å². The number of anilines is 1. The molecule has 25 heavy (non-hydrogen) atoms. The summed E-state index contributed by atoms with van der Waals surface area (Å²) in [5, 5.41) is 7.90. The largest absolute Gasteiger partial charge is 0.454 e. The fourth-order valence-electron chi connectivity index (χ4n) is 2.43. The van der Waals surface area contributed by atoms with Gasteiger partial charge in [-0.3, -0.25) is 5.43 Å². The number of hydrazone groups is 1. The lowest BCUT2D eigenvalue weighted by Gasteiger charge is -2.10. The standard InChI is InChI=1S/C19H21N3O2S/c1-12(2)14-4-7-16(8-5-14)20-19(25)22-21-13(3)15-6-9-17-18(10-15)24-11-23-17/h4-10,12H,11H2,1-3H3,(H2,20,22,25)/b21-13-. The Morgan fingerprint density at radius 3 is 2.52 bits per heavy atom. The van der Waals surface area contributed by atoms with Crippen molar-refractivity contribution < 1.29 is 9.47 Å². The SMILES string of the molecule is C/C(=N/NC(=S)Nc1ccc(C(C)C)cc1)c1ccc2c(c1)OCO2. The van der Waals surface area contributed by atoms with Crippen LogP contribution in [-0.2, 0) is 0 Å². The minimum atomic E-state index is 0.261. The van der Waals surface area contributed by atoms with Gasteiger partial charge in [0.1, 0.15) is 0 Å². The van der Waals surface area contributed by atoms with E-state index in [1.165, 1.54) is 5.56 Å². The van der Waals surface area contributed by atoms with Crippen LogP contribution in [0.15, 0.2) is 47.6 Å². The molecule has 0 unspecified atom stereocenters. The van der Waals surface area contributed by atoms with Crippen molar-refractivity contribution in [2.24, 2.45) is 5.10 Å². The molecule has 1 heterocycles. The summed E-state index contributed by atoms with van der Waals surface area (Å²) < 4.78 is 10.7. The Hall–Kier alpha value is -2.60. The first-order valence-corrected chi connectivity index (χ1v) is 8.55. The van der Waals surface area contributed by atoms with Gasteiger partial charge >= 0.3 is 0 Å². The Morgan fingerprint density at radius 1 is 1.08 bits per heavy atom. The van der Waals surface area contributed by atoms with Crippen LogP contribution in [0.3, 0.4) is 0 Å². The summed E-state index contributed by atoms with van der Waals surface area (Å²) in [6, 6.07) is 13.9. The van der Waals surface area contributed by atoms with Crippen LogP contribution in [0.25, 0.3) is 0 Å². The van der Waals surface area contributed by atoms with Crippen molar-refractivity contribution in [1.29, 1.82) is 0 Å².